The van der Waals surface area contributed by atoms with Crippen LogP contribution in [0.25, 0.3) is 11.3 Å². The van der Waals surface area contributed by atoms with Crippen molar-refractivity contribution in [1.82, 2.24) is 4.98 Å². The number of rotatable bonds is 2. The molecule has 1 aromatic carbocycles. The molecule has 1 N–H and O–H groups in total. The summed E-state index contributed by atoms with van der Waals surface area (Å²) in [4.78, 5) is 3.99. The van der Waals surface area contributed by atoms with Gasteiger partial charge in [-0.2, -0.15) is 13.2 Å². The molecule has 0 atom stereocenters. The van der Waals surface area contributed by atoms with Crippen molar-refractivity contribution in [3.8, 4) is 11.3 Å². The Bertz CT molecular complexity index is 627. The van der Waals surface area contributed by atoms with E-state index in [-0.39, 0.29) is 22.3 Å². The van der Waals surface area contributed by atoms with Crippen LogP contribution in [0.15, 0.2) is 30.5 Å². The lowest BCUT2D eigenvalue weighted by atomic mass is 10.1. The van der Waals surface area contributed by atoms with Crippen LogP contribution >= 0.6 is 23.2 Å². The quantitative estimate of drug-likeness (QED) is 0.879. The smallest absolute Gasteiger partial charge is 0.392 e. The Morgan fingerprint density at radius 1 is 1.10 bits per heavy atom. The maximum atomic E-state index is 12.5. The van der Waals surface area contributed by atoms with E-state index in [1.165, 1.54) is 18.3 Å². The molecular weight excluding hydrogens is 314 g/mol. The summed E-state index contributed by atoms with van der Waals surface area (Å²) in [5.74, 6) is 0. The molecule has 0 amide bonds. The highest BCUT2D eigenvalue weighted by Gasteiger charge is 2.30. The lowest BCUT2D eigenvalue weighted by Gasteiger charge is -2.10. The third-order valence-electron chi connectivity index (χ3n) is 2.71. The van der Waals surface area contributed by atoms with Gasteiger partial charge in [0.05, 0.1) is 27.9 Å². The Hall–Kier alpha value is -1.30. The van der Waals surface area contributed by atoms with E-state index in [1.807, 2.05) is 0 Å². The zero-order valence-electron chi connectivity index (χ0n) is 9.88. The van der Waals surface area contributed by atoms with Gasteiger partial charge >= 0.3 is 6.18 Å². The highest BCUT2D eigenvalue weighted by atomic mass is 35.5. The lowest BCUT2D eigenvalue weighted by Crippen LogP contribution is -2.04. The summed E-state index contributed by atoms with van der Waals surface area (Å²) in [5.41, 5.74) is 0.218. The summed E-state index contributed by atoms with van der Waals surface area (Å²) in [5, 5.41) is 9.50. The summed E-state index contributed by atoms with van der Waals surface area (Å²) in [6.07, 6.45) is -3.10. The fourth-order valence-corrected chi connectivity index (χ4v) is 2.24. The first-order chi connectivity index (χ1) is 9.34. The van der Waals surface area contributed by atoms with Gasteiger partial charge in [-0.15, -0.1) is 0 Å². The van der Waals surface area contributed by atoms with E-state index < -0.39 is 11.7 Å². The number of pyridine rings is 1. The second kappa shape index (κ2) is 5.60. The molecule has 7 heteroatoms. The van der Waals surface area contributed by atoms with Crippen LogP contribution in [-0.4, -0.2) is 10.1 Å². The molecule has 2 nitrogen and oxygen atoms in total. The highest BCUT2D eigenvalue weighted by Crippen LogP contribution is 2.35. The Labute approximate surface area is 122 Å². The number of hydrogen-bond acceptors (Lipinski definition) is 2. The van der Waals surface area contributed by atoms with Crippen LogP contribution in [0.2, 0.25) is 10.0 Å². The molecule has 0 unspecified atom stereocenters. The van der Waals surface area contributed by atoms with Gasteiger partial charge in [-0.25, -0.2) is 0 Å². The molecule has 20 heavy (non-hydrogen) atoms. The molecule has 0 bridgehead atoms. The highest BCUT2D eigenvalue weighted by molar-refractivity contribution is 6.37. The third kappa shape index (κ3) is 2.90. The van der Waals surface area contributed by atoms with Crippen molar-refractivity contribution < 1.29 is 18.3 Å². The number of aliphatic hydroxyl groups is 1. The molecule has 106 valence electrons. The number of aromatic nitrogens is 1. The lowest BCUT2D eigenvalue weighted by molar-refractivity contribution is -0.137. The zero-order chi connectivity index (χ0) is 14.9. The summed E-state index contributed by atoms with van der Waals surface area (Å²) < 4.78 is 37.4. The summed E-state index contributed by atoms with van der Waals surface area (Å²) in [6, 6.07) is 4.43. The fraction of sp³-hybridized carbons (Fsp3) is 0.154. The minimum Gasteiger partial charge on any atom is -0.392 e. The molecule has 0 saturated heterocycles. The zero-order valence-corrected chi connectivity index (χ0v) is 11.4. The van der Waals surface area contributed by atoms with Gasteiger partial charge in [-0.1, -0.05) is 35.3 Å². The molecule has 0 aliphatic carbocycles. The van der Waals surface area contributed by atoms with Crippen molar-refractivity contribution in [2.75, 3.05) is 0 Å². The first-order valence-electron chi connectivity index (χ1n) is 5.46. The molecule has 0 saturated carbocycles. The molecule has 0 radical (unpaired) electrons. The van der Waals surface area contributed by atoms with Crippen molar-refractivity contribution in [2.24, 2.45) is 0 Å². The van der Waals surface area contributed by atoms with Crippen molar-refractivity contribution >= 4 is 23.2 Å². The molecule has 0 aliphatic heterocycles. The van der Waals surface area contributed by atoms with Gasteiger partial charge in [-0.05, 0) is 12.1 Å². The largest absolute Gasteiger partial charge is 0.416 e. The van der Waals surface area contributed by atoms with E-state index in [2.05, 4.69) is 4.98 Å². The Morgan fingerprint density at radius 2 is 1.70 bits per heavy atom. The Morgan fingerprint density at radius 3 is 2.20 bits per heavy atom. The first kappa shape index (κ1) is 15.1. The first-order valence-corrected chi connectivity index (χ1v) is 6.21. The topological polar surface area (TPSA) is 33.1 Å². The van der Waals surface area contributed by atoms with Crippen molar-refractivity contribution in [3.05, 3.63) is 51.6 Å². The summed E-state index contributed by atoms with van der Waals surface area (Å²) in [7, 11) is 0. The van der Waals surface area contributed by atoms with Gasteiger partial charge in [0.25, 0.3) is 0 Å². The molecule has 1 heterocycles. The summed E-state index contributed by atoms with van der Waals surface area (Å²) >= 11 is 11.9. The van der Waals surface area contributed by atoms with E-state index in [1.54, 1.807) is 0 Å². The number of aliphatic hydroxyl groups excluding tert-OH is 1. The SMILES string of the molecule is OCc1c(Cl)cnc(-c2ccc(C(F)(F)F)cc2)c1Cl. The maximum Gasteiger partial charge on any atom is 0.416 e. The van der Waals surface area contributed by atoms with E-state index in [0.717, 1.165) is 12.1 Å². The Kier molecular flexibility index (Phi) is 4.22. The predicted molar refractivity (Wildman–Crippen MR) is 70.6 cm³/mol. The van der Waals surface area contributed by atoms with Crippen LogP contribution in [0.3, 0.4) is 0 Å². The van der Waals surface area contributed by atoms with Crippen LogP contribution in [0.4, 0.5) is 13.2 Å². The standard InChI is InChI=1S/C13H8Cl2F3NO/c14-10-5-19-12(11(15)9(10)6-20)7-1-3-8(4-2-7)13(16,17)18/h1-5,20H,6H2. The second-order valence-electron chi connectivity index (χ2n) is 3.98. The van der Waals surface area contributed by atoms with E-state index >= 15 is 0 Å². The normalized spacial score (nSPS) is 11.7. The predicted octanol–water partition coefficient (Wildman–Crippen LogP) is 4.57. The van der Waals surface area contributed by atoms with Gasteiger partial charge in [0.1, 0.15) is 0 Å². The Balaban J connectivity index is 2.47. The number of nitrogens with zero attached hydrogens (tertiary/aromatic N) is 1. The van der Waals surface area contributed by atoms with E-state index in [9.17, 15) is 18.3 Å². The van der Waals surface area contributed by atoms with E-state index in [0.29, 0.717) is 11.1 Å². The van der Waals surface area contributed by atoms with Crippen molar-refractivity contribution in [3.63, 3.8) is 0 Å². The number of alkyl halides is 3. The van der Waals surface area contributed by atoms with Crippen molar-refractivity contribution in [2.45, 2.75) is 12.8 Å². The van der Waals surface area contributed by atoms with Gasteiger partial charge in [0.15, 0.2) is 0 Å². The number of benzene rings is 1. The molecule has 0 spiro atoms. The monoisotopic (exact) mass is 321 g/mol. The average Bonchev–Trinajstić information content (AvgIpc) is 2.38. The van der Waals surface area contributed by atoms with Gasteiger partial charge in [0, 0.05) is 17.3 Å². The minimum absolute atomic E-state index is 0.125. The number of hydrogen-bond donors (Lipinski definition) is 1. The van der Waals surface area contributed by atoms with Gasteiger partial charge in [0.2, 0.25) is 0 Å². The number of halogens is 5. The second-order valence-corrected chi connectivity index (χ2v) is 4.77. The fourth-order valence-electron chi connectivity index (χ4n) is 1.67. The minimum atomic E-state index is -4.40. The molecule has 2 aromatic rings. The van der Waals surface area contributed by atoms with Gasteiger partial charge in [-0.3, -0.25) is 4.98 Å². The van der Waals surface area contributed by atoms with E-state index in [4.69, 9.17) is 23.2 Å². The van der Waals surface area contributed by atoms with Crippen LogP contribution in [0.5, 0.6) is 0 Å². The maximum absolute atomic E-state index is 12.5. The van der Waals surface area contributed by atoms with Crippen LogP contribution in [0.1, 0.15) is 11.1 Å². The summed E-state index contributed by atoms with van der Waals surface area (Å²) in [6.45, 7) is -0.381. The van der Waals surface area contributed by atoms with Crippen LogP contribution in [0, 0.1) is 0 Å². The molecular formula is C13H8Cl2F3NO. The average molecular weight is 322 g/mol. The molecule has 0 aliphatic rings. The molecule has 1 aromatic heterocycles. The molecule has 0 fully saturated rings. The third-order valence-corrected chi connectivity index (χ3v) is 3.44. The van der Waals surface area contributed by atoms with Gasteiger partial charge < -0.3 is 5.11 Å². The van der Waals surface area contributed by atoms with Crippen LogP contribution < -0.4 is 0 Å². The van der Waals surface area contributed by atoms with Crippen LogP contribution in [-0.2, 0) is 12.8 Å². The molecule has 2 rings (SSSR count). The van der Waals surface area contributed by atoms with Crippen molar-refractivity contribution in [1.29, 1.82) is 0 Å².